The van der Waals surface area contributed by atoms with Gasteiger partial charge in [0.05, 0.1) is 12.2 Å². The summed E-state index contributed by atoms with van der Waals surface area (Å²) in [5, 5.41) is 3.46. The van der Waals surface area contributed by atoms with Crippen molar-refractivity contribution in [1.82, 2.24) is 5.32 Å². The molecule has 2 rings (SSSR count). The van der Waals surface area contributed by atoms with Crippen LogP contribution in [0.1, 0.15) is 32.3 Å². The van der Waals surface area contributed by atoms with Gasteiger partial charge in [-0.1, -0.05) is 32.0 Å². The molecule has 1 N–H and O–H groups in total. The first kappa shape index (κ1) is 15.3. The minimum Gasteiger partial charge on any atom is -0.372 e. The van der Waals surface area contributed by atoms with E-state index in [4.69, 9.17) is 4.74 Å². The van der Waals surface area contributed by atoms with Crippen molar-refractivity contribution in [2.75, 3.05) is 25.0 Å². The van der Waals surface area contributed by atoms with Crippen LogP contribution in [0, 0.1) is 6.92 Å². The predicted octanol–water partition coefficient (Wildman–Crippen LogP) is 2.98. The van der Waals surface area contributed by atoms with Crippen LogP contribution in [0.25, 0.3) is 0 Å². The molecule has 1 aromatic rings. The molecule has 1 aliphatic rings. The molecule has 0 aromatic heterocycles. The third-order valence-electron chi connectivity index (χ3n) is 3.95. The van der Waals surface area contributed by atoms with Gasteiger partial charge in [-0.2, -0.15) is 0 Å². The number of nitrogens with zero attached hydrogens (tertiary/aromatic N) is 1. The maximum Gasteiger partial charge on any atom is 0.0755 e. The summed E-state index contributed by atoms with van der Waals surface area (Å²) in [6.07, 6.45) is 3.08. The minimum atomic E-state index is 0.360. The van der Waals surface area contributed by atoms with Gasteiger partial charge in [0.2, 0.25) is 0 Å². The van der Waals surface area contributed by atoms with Crippen molar-refractivity contribution in [3.63, 3.8) is 0 Å². The highest BCUT2D eigenvalue weighted by Crippen LogP contribution is 2.23. The highest BCUT2D eigenvalue weighted by Gasteiger charge is 2.26. The molecule has 1 heterocycles. The van der Waals surface area contributed by atoms with E-state index >= 15 is 0 Å². The van der Waals surface area contributed by atoms with E-state index < -0.39 is 0 Å². The molecule has 2 unspecified atom stereocenters. The summed E-state index contributed by atoms with van der Waals surface area (Å²) in [5.74, 6) is 0. The van der Waals surface area contributed by atoms with Crippen molar-refractivity contribution in [3.8, 4) is 0 Å². The van der Waals surface area contributed by atoms with E-state index in [2.05, 4.69) is 62.3 Å². The van der Waals surface area contributed by atoms with Gasteiger partial charge in [-0.25, -0.2) is 0 Å². The lowest BCUT2D eigenvalue weighted by molar-refractivity contribution is 0.0489. The molecule has 0 radical (unpaired) electrons. The molecule has 0 aliphatic carbocycles. The summed E-state index contributed by atoms with van der Waals surface area (Å²) in [6.45, 7) is 8.47. The first-order valence-corrected chi connectivity index (χ1v) is 7.72. The first-order valence-electron chi connectivity index (χ1n) is 7.72. The number of benzene rings is 1. The summed E-state index contributed by atoms with van der Waals surface area (Å²) in [7, 11) is 2.16. The van der Waals surface area contributed by atoms with E-state index in [0.717, 1.165) is 13.1 Å². The Bertz CT molecular complexity index is 419. The van der Waals surface area contributed by atoms with E-state index in [9.17, 15) is 0 Å². The second-order valence-electron chi connectivity index (χ2n) is 6.19. The molecule has 3 nitrogen and oxygen atoms in total. The quantitative estimate of drug-likeness (QED) is 0.864. The third-order valence-corrected chi connectivity index (χ3v) is 3.95. The molecular weight excluding hydrogens is 248 g/mol. The number of hydrogen-bond acceptors (Lipinski definition) is 3. The second-order valence-corrected chi connectivity index (χ2v) is 6.19. The average Bonchev–Trinajstić information content (AvgIpc) is 2.84. The van der Waals surface area contributed by atoms with Crippen molar-refractivity contribution in [3.05, 3.63) is 29.8 Å². The molecule has 20 heavy (non-hydrogen) atoms. The van der Waals surface area contributed by atoms with E-state index in [1.165, 1.54) is 24.1 Å². The van der Waals surface area contributed by atoms with Gasteiger partial charge in [0.1, 0.15) is 0 Å². The average molecular weight is 276 g/mol. The van der Waals surface area contributed by atoms with Crippen LogP contribution in [-0.2, 0) is 4.74 Å². The number of para-hydroxylation sites is 1. The number of nitrogens with one attached hydrogen (secondary N) is 1. The number of hydrogen-bond donors (Lipinski definition) is 1. The van der Waals surface area contributed by atoms with E-state index in [0.29, 0.717) is 18.2 Å². The highest BCUT2D eigenvalue weighted by atomic mass is 16.5. The van der Waals surface area contributed by atoms with Crippen LogP contribution in [0.4, 0.5) is 5.69 Å². The molecular formula is C17H28N2O. The molecule has 1 fully saturated rings. The predicted molar refractivity (Wildman–Crippen MR) is 85.5 cm³/mol. The van der Waals surface area contributed by atoms with Crippen LogP contribution < -0.4 is 10.2 Å². The Kier molecular flexibility index (Phi) is 5.44. The normalized spacial score (nSPS) is 22.4. The number of rotatable bonds is 6. The first-order chi connectivity index (χ1) is 9.56. The van der Waals surface area contributed by atoms with E-state index in [1.54, 1.807) is 0 Å². The Morgan fingerprint density at radius 2 is 1.95 bits per heavy atom. The zero-order valence-electron chi connectivity index (χ0n) is 13.2. The summed E-state index contributed by atoms with van der Waals surface area (Å²) < 4.78 is 6.14. The van der Waals surface area contributed by atoms with Gasteiger partial charge in [0.15, 0.2) is 0 Å². The fourth-order valence-corrected chi connectivity index (χ4v) is 2.83. The van der Waals surface area contributed by atoms with Gasteiger partial charge in [0.25, 0.3) is 0 Å². The molecule has 112 valence electrons. The molecule has 0 bridgehead atoms. The lowest BCUT2D eigenvalue weighted by Gasteiger charge is -2.25. The Morgan fingerprint density at radius 3 is 2.65 bits per heavy atom. The van der Waals surface area contributed by atoms with Gasteiger partial charge in [0, 0.05) is 31.9 Å². The van der Waals surface area contributed by atoms with E-state index in [-0.39, 0.29) is 0 Å². The summed E-state index contributed by atoms with van der Waals surface area (Å²) in [5.41, 5.74) is 2.63. The van der Waals surface area contributed by atoms with Gasteiger partial charge in [-0.05, 0) is 31.4 Å². The maximum absolute atomic E-state index is 6.14. The van der Waals surface area contributed by atoms with Gasteiger partial charge in [-0.15, -0.1) is 0 Å². The topological polar surface area (TPSA) is 24.5 Å². The zero-order valence-corrected chi connectivity index (χ0v) is 13.2. The number of aryl methyl sites for hydroxylation is 1. The van der Waals surface area contributed by atoms with Crippen molar-refractivity contribution in [2.45, 2.75) is 51.9 Å². The molecule has 1 saturated heterocycles. The van der Waals surface area contributed by atoms with Crippen LogP contribution in [-0.4, -0.2) is 38.4 Å². The highest BCUT2D eigenvalue weighted by molar-refractivity contribution is 5.52. The summed E-state index contributed by atoms with van der Waals surface area (Å²) in [4.78, 5) is 2.32. The fraction of sp³-hybridized carbons (Fsp3) is 0.647. The van der Waals surface area contributed by atoms with Gasteiger partial charge < -0.3 is 15.0 Å². The summed E-state index contributed by atoms with van der Waals surface area (Å²) in [6, 6.07) is 9.07. The molecule has 1 aromatic carbocycles. The number of ether oxygens (including phenoxy) is 1. The SMILES string of the molecule is Cc1ccccc1N(C)CC1CCC(CNC(C)C)O1. The van der Waals surface area contributed by atoms with Crippen molar-refractivity contribution < 1.29 is 4.74 Å². The Balaban J connectivity index is 1.81. The summed E-state index contributed by atoms with van der Waals surface area (Å²) >= 11 is 0. The molecule has 1 aliphatic heterocycles. The fourth-order valence-electron chi connectivity index (χ4n) is 2.83. The minimum absolute atomic E-state index is 0.360. The van der Waals surface area contributed by atoms with Crippen molar-refractivity contribution >= 4 is 5.69 Å². The van der Waals surface area contributed by atoms with Crippen molar-refractivity contribution in [2.24, 2.45) is 0 Å². The Labute approximate surface area is 123 Å². The number of anilines is 1. The Hall–Kier alpha value is -1.06. The second kappa shape index (κ2) is 7.09. The Morgan fingerprint density at radius 1 is 1.25 bits per heavy atom. The van der Waals surface area contributed by atoms with Crippen LogP contribution >= 0.6 is 0 Å². The largest absolute Gasteiger partial charge is 0.372 e. The number of likely N-dealkylation sites (N-methyl/N-ethyl adjacent to an activating group) is 1. The molecule has 0 saturated carbocycles. The zero-order chi connectivity index (χ0) is 14.5. The monoisotopic (exact) mass is 276 g/mol. The van der Waals surface area contributed by atoms with Crippen LogP contribution in [0.15, 0.2) is 24.3 Å². The lowest BCUT2D eigenvalue weighted by Crippen LogP contribution is -2.34. The van der Waals surface area contributed by atoms with Gasteiger partial charge in [-0.3, -0.25) is 0 Å². The van der Waals surface area contributed by atoms with Gasteiger partial charge >= 0.3 is 0 Å². The maximum atomic E-state index is 6.14. The van der Waals surface area contributed by atoms with Crippen LogP contribution in [0.5, 0.6) is 0 Å². The van der Waals surface area contributed by atoms with Crippen LogP contribution in [0.3, 0.4) is 0 Å². The lowest BCUT2D eigenvalue weighted by atomic mass is 10.1. The molecule has 0 spiro atoms. The molecule has 3 heteroatoms. The smallest absolute Gasteiger partial charge is 0.0755 e. The van der Waals surface area contributed by atoms with Crippen molar-refractivity contribution in [1.29, 1.82) is 0 Å². The van der Waals surface area contributed by atoms with E-state index in [1.807, 2.05) is 0 Å². The molecule has 2 atom stereocenters. The standard InChI is InChI=1S/C17H28N2O/c1-13(2)18-11-15-9-10-16(20-15)12-19(4)17-8-6-5-7-14(17)3/h5-8,13,15-16,18H,9-12H2,1-4H3. The molecule has 0 amide bonds. The van der Waals surface area contributed by atoms with Crippen LogP contribution in [0.2, 0.25) is 0 Å². The third kappa shape index (κ3) is 4.22.